The summed E-state index contributed by atoms with van der Waals surface area (Å²) in [6, 6.07) is 4.88. The minimum Gasteiger partial charge on any atom is -0.504 e. The molecule has 2 N–H and O–H groups in total. The summed E-state index contributed by atoms with van der Waals surface area (Å²) in [6.45, 7) is 1.84. The van der Waals surface area contributed by atoms with Crippen molar-refractivity contribution in [3.63, 3.8) is 0 Å². The molecular formula is C30H31NO8. The number of ketones is 2. The lowest BCUT2D eigenvalue weighted by molar-refractivity contribution is -0.141. The van der Waals surface area contributed by atoms with Crippen molar-refractivity contribution in [2.75, 3.05) is 13.7 Å². The first kappa shape index (κ1) is 26.6. The van der Waals surface area contributed by atoms with Gasteiger partial charge in [-0.15, -0.1) is 0 Å². The van der Waals surface area contributed by atoms with Crippen LogP contribution in [0.3, 0.4) is 0 Å². The van der Waals surface area contributed by atoms with Crippen LogP contribution >= 0.6 is 0 Å². The predicted molar refractivity (Wildman–Crippen MR) is 139 cm³/mol. The predicted octanol–water partition coefficient (Wildman–Crippen LogP) is 3.48. The highest BCUT2D eigenvalue weighted by atomic mass is 16.5. The number of fused-ring (bicyclic) bond motifs is 3. The van der Waals surface area contributed by atoms with Crippen molar-refractivity contribution < 1.29 is 38.9 Å². The second kappa shape index (κ2) is 10.3. The maximum atomic E-state index is 13.7. The summed E-state index contributed by atoms with van der Waals surface area (Å²) >= 11 is 0. The summed E-state index contributed by atoms with van der Waals surface area (Å²) in [5.74, 6) is -3.97. The monoisotopic (exact) mass is 533 g/mol. The molecule has 0 unspecified atom stereocenters. The Hall–Kier alpha value is -4.01. The number of allylic oxidation sites excluding steroid dienone is 6. The minimum absolute atomic E-state index is 0.0446. The van der Waals surface area contributed by atoms with Crippen LogP contribution in [0.2, 0.25) is 0 Å². The van der Waals surface area contributed by atoms with E-state index in [2.05, 4.69) is 0 Å². The fraction of sp³-hybridized carbons (Fsp3) is 0.433. The van der Waals surface area contributed by atoms with E-state index in [9.17, 15) is 29.1 Å². The summed E-state index contributed by atoms with van der Waals surface area (Å²) in [5, 5.41) is 19.4. The number of aliphatic carboxylic acids is 1. The molecule has 4 atom stereocenters. The van der Waals surface area contributed by atoms with Gasteiger partial charge in [0.1, 0.15) is 0 Å². The number of hydrogen-bond acceptors (Lipinski definition) is 7. The van der Waals surface area contributed by atoms with Gasteiger partial charge in [-0.2, -0.15) is 0 Å². The molecule has 1 fully saturated rings. The van der Waals surface area contributed by atoms with Crippen LogP contribution in [0, 0.1) is 17.8 Å². The molecule has 5 rings (SSSR count). The Morgan fingerprint density at radius 2 is 1.85 bits per heavy atom. The van der Waals surface area contributed by atoms with E-state index in [0.29, 0.717) is 48.0 Å². The summed E-state index contributed by atoms with van der Waals surface area (Å²) in [5.41, 5.74) is 2.51. The number of likely N-dealkylation sites (tertiary alicyclic amines) is 1. The standard InChI is InChI=1S/C30H31NO8/c1-15-12-21(32)20-14-19-17(25(27(20)28(15)36)16-7-10-23(39-2)22(33)13-16)8-9-18-26(19)30(38)31(29(18)37)11-5-3-4-6-24(34)35/h7-8,10,12-13,18-19,25-26,33H,3-6,9,11,14H2,1-2H3,(H,34,35)/t18-,19+,25-,26-/m0/s1. The van der Waals surface area contributed by atoms with E-state index < -0.39 is 29.6 Å². The lowest BCUT2D eigenvalue weighted by Crippen LogP contribution is -2.39. The van der Waals surface area contributed by atoms with Crippen molar-refractivity contribution in [1.82, 2.24) is 4.90 Å². The van der Waals surface area contributed by atoms with Crippen molar-refractivity contribution >= 4 is 29.4 Å². The van der Waals surface area contributed by atoms with E-state index >= 15 is 0 Å². The van der Waals surface area contributed by atoms with Crippen molar-refractivity contribution in [2.24, 2.45) is 17.8 Å². The van der Waals surface area contributed by atoms with Crippen LogP contribution in [-0.4, -0.2) is 58.1 Å². The quantitative estimate of drug-likeness (QED) is 0.224. The highest BCUT2D eigenvalue weighted by molar-refractivity contribution is 6.23. The fourth-order valence-corrected chi connectivity index (χ4v) is 6.64. The normalized spacial score (nSPS) is 26.2. The van der Waals surface area contributed by atoms with E-state index in [1.165, 1.54) is 24.2 Å². The van der Waals surface area contributed by atoms with Gasteiger partial charge in [0.15, 0.2) is 23.1 Å². The van der Waals surface area contributed by atoms with Gasteiger partial charge in [0, 0.05) is 35.6 Å². The Balaban J connectivity index is 1.50. The number of phenolic OH excluding ortho intramolecular Hbond substituents is 1. The molecule has 0 bridgehead atoms. The Kier molecular flexibility index (Phi) is 7.01. The van der Waals surface area contributed by atoms with Gasteiger partial charge in [-0.3, -0.25) is 28.9 Å². The van der Waals surface area contributed by atoms with Gasteiger partial charge in [0.2, 0.25) is 11.8 Å². The number of carbonyl (C=O) groups is 5. The molecule has 9 nitrogen and oxygen atoms in total. The zero-order chi connectivity index (χ0) is 28.0. The lowest BCUT2D eigenvalue weighted by Gasteiger charge is -2.42. The SMILES string of the molecule is COc1ccc([C@H]2C3=CC[C@@H]4C(=O)N(CCCCCC(=O)O)C(=O)[C@@H]4[C@@H]3CC3=C2C(=O)C(C)=CC3=O)cc1O. The van der Waals surface area contributed by atoms with Crippen LogP contribution in [0.25, 0.3) is 0 Å². The third-order valence-corrected chi connectivity index (χ3v) is 8.46. The first-order chi connectivity index (χ1) is 18.6. The zero-order valence-electron chi connectivity index (χ0n) is 21.9. The molecule has 1 aromatic carbocycles. The average Bonchev–Trinajstić information content (AvgIpc) is 3.15. The fourth-order valence-electron chi connectivity index (χ4n) is 6.64. The van der Waals surface area contributed by atoms with E-state index in [0.717, 1.165) is 5.57 Å². The van der Waals surface area contributed by atoms with Gasteiger partial charge in [-0.25, -0.2) is 0 Å². The van der Waals surface area contributed by atoms with Crippen molar-refractivity contribution in [2.45, 2.75) is 51.4 Å². The summed E-state index contributed by atoms with van der Waals surface area (Å²) in [7, 11) is 1.44. The third kappa shape index (κ3) is 4.49. The first-order valence-corrected chi connectivity index (χ1v) is 13.3. The Labute approximate surface area is 225 Å². The molecule has 4 aliphatic rings. The van der Waals surface area contributed by atoms with Gasteiger partial charge in [-0.05, 0) is 62.3 Å². The maximum Gasteiger partial charge on any atom is 0.303 e. The number of methoxy groups -OCH3 is 1. The second-order valence-electron chi connectivity index (χ2n) is 10.7. The van der Waals surface area contributed by atoms with Crippen LogP contribution < -0.4 is 4.74 Å². The third-order valence-electron chi connectivity index (χ3n) is 8.46. The number of carboxylic acid groups (broad SMARTS) is 1. The van der Waals surface area contributed by atoms with Crippen LogP contribution in [0.5, 0.6) is 11.5 Å². The van der Waals surface area contributed by atoms with E-state index in [4.69, 9.17) is 9.84 Å². The van der Waals surface area contributed by atoms with Gasteiger partial charge in [0.25, 0.3) is 0 Å². The molecular weight excluding hydrogens is 502 g/mol. The number of unbranched alkanes of at least 4 members (excludes halogenated alkanes) is 2. The van der Waals surface area contributed by atoms with Gasteiger partial charge >= 0.3 is 5.97 Å². The number of phenols is 1. The first-order valence-electron chi connectivity index (χ1n) is 13.3. The number of aromatic hydroxyl groups is 1. The molecule has 1 heterocycles. The van der Waals surface area contributed by atoms with Crippen molar-refractivity contribution in [3.05, 3.63) is 58.2 Å². The molecule has 1 aromatic rings. The topological polar surface area (TPSA) is 138 Å². The highest BCUT2D eigenvalue weighted by Crippen LogP contribution is 2.55. The molecule has 1 aliphatic heterocycles. The number of amides is 2. The van der Waals surface area contributed by atoms with Crippen LogP contribution in [-0.2, 0) is 24.0 Å². The van der Waals surface area contributed by atoms with Crippen LogP contribution in [0.4, 0.5) is 0 Å². The smallest absolute Gasteiger partial charge is 0.303 e. The summed E-state index contributed by atoms with van der Waals surface area (Å²) in [6.07, 6.45) is 5.45. The summed E-state index contributed by atoms with van der Waals surface area (Å²) in [4.78, 5) is 65.6. The molecule has 0 spiro atoms. The molecule has 2 amide bonds. The number of Topliss-reactive ketones (excluding diaryl/α,β-unsaturated/α-hetero) is 1. The number of carboxylic acids is 1. The van der Waals surface area contributed by atoms with Crippen LogP contribution in [0.1, 0.15) is 56.9 Å². The van der Waals surface area contributed by atoms with Crippen molar-refractivity contribution in [3.8, 4) is 11.5 Å². The van der Waals surface area contributed by atoms with E-state index in [1.54, 1.807) is 19.1 Å². The lowest BCUT2D eigenvalue weighted by atomic mass is 9.59. The number of benzene rings is 1. The van der Waals surface area contributed by atoms with Gasteiger partial charge in [-0.1, -0.05) is 24.1 Å². The molecule has 204 valence electrons. The molecule has 0 saturated carbocycles. The van der Waals surface area contributed by atoms with Crippen molar-refractivity contribution in [1.29, 1.82) is 0 Å². The van der Waals surface area contributed by atoms with Gasteiger partial charge < -0.3 is 14.9 Å². The van der Waals surface area contributed by atoms with E-state index in [-0.39, 0.29) is 54.3 Å². The Morgan fingerprint density at radius 3 is 2.54 bits per heavy atom. The minimum atomic E-state index is -0.876. The zero-order valence-corrected chi connectivity index (χ0v) is 21.9. The van der Waals surface area contributed by atoms with Crippen LogP contribution in [0.15, 0.2) is 52.6 Å². The molecule has 0 radical (unpaired) electrons. The maximum absolute atomic E-state index is 13.7. The number of ether oxygens (including phenoxy) is 1. The highest BCUT2D eigenvalue weighted by Gasteiger charge is 2.56. The molecule has 39 heavy (non-hydrogen) atoms. The second-order valence-corrected chi connectivity index (χ2v) is 10.7. The largest absolute Gasteiger partial charge is 0.504 e. The molecule has 9 heteroatoms. The number of hydrogen-bond donors (Lipinski definition) is 2. The summed E-state index contributed by atoms with van der Waals surface area (Å²) < 4.78 is 5.19. The Bertz CT molecular complexity index is 1380. The van der Waals surface area contributed by atoms with E-state index in [1.807, 2.05) is 6.08 Å². The Morgan fingerprint density at radius 1 is 1.08 bits per heavy atom. The number of rotatable bonds is 8. The average molecular weight is 534 g/mol. The van der Waals surface area contributed by atoms with Gasteiger partial charge in [0.05, 0.1) is 18.9 Å². The number of carbonyl (C=O) groups excluding carboxylic acids is 4. The molecule has 3 aliphatic carbocycles. The number of imide groups is 1. The molecule has 1 saturated heterocycles. The molecule has 0 aromatic heterocycles. The number of nitrogens with zero attached hydrogens (tertiary/aromatic N) is 1.